The number of rotatable bonds is 2. The number of aliphatic hydroxyl groups is 2. The number of aliphatic imine (C=N–C) groups is 1. The second-order valence-electron chi connectivity index (χ2n) is 5.53. The number of phenolic OH excluding ortho intramolecular Hbond substituents is 1. The molecule has 23 heavy (non-hydrogen) atoms. The van der Waals surface area contributed by atoms with Crippen LogP contribution >= 0.6 is 15.9 Å². The number of phenols is 1. The number of halogens is 1. The van der Waals surface area contributed by atoms with Crippen LogP contribution in [0.3, 0.4) is 0 Å². The summed E-state index contributed by atoms with van der Waals surface area (Å²) in [5.74, 6) is 0.0545. The lowest BCUT2D eigenvalue weighted by Crippen LogP contribution is -2.62. The molecule has 0 radical (unpaired) electrons. The Bertz CT molecular complexity index is 595. The minimum atomic E-state index is -1.23. The number of ether oxygens (including phenoxy) is 3. The second-order valence-corrected chi connectivity index (χ2v) is 6.44. The maximum absolute atomic E-state index is 10.2. The Morgan fingerprint density at radius 3 is 2.83 bits per heavy atom. The third kappa shape index (κ3) is 3.57. The maximum Gasteiger partial charge on any atom is 0.177 e. The van der Waals surface area contributed by atoms with E-state index in [0.717, 1.165) is 4.47 Å². The van der Waals surface area contributed by atoms with Gasteiger partial charge in [-0.3, -0.25) is 4.99 Å². The molecule has 3 rings (SSSR count). The predicted molar refractivity (Wildman–Crippen MR) is 84.4 cm³/mol. The largest absolute Gasteiger partial charge is 0.507 e. The molecule has 0 bridgehead atoms. The SMILES string of the molecule is CC1OC[C@H]2O[C@@H](/N=C/c3cc(Br)ccc3O)[C@H](O)[C@@H](O)[C@@H]2O1. The minimum Gasteiger partial charge on any atom is -0.507 e. The molecule has 2 fully saturated rings. The number of aliphatic hydroxyl groups excluding tert-OH is 2. The summed E-state index contributed by atoms with van der Waals surface area (Å²) < 4.78 is 17.2. The molecular weight excluding hydrogens is 370 g/mol. The molecule has 7 nitrogen and oxygen atoms in total. The highest BCUT2D eigenvalue weighted by Gasteiger charge is 2.47. The van der Waals surface area contributed by atoms with E-state index in [1.54, 1.807) is 19.1 Å². The summed E-state index contributed by atoms with van der Waals surface area (Å²) >= 11 is 3.31. The molecule has 0 amide bonds. The van der Waals surface area contributed by atoms with Gasteiger partial charge < -0.3 is 29.5 Å². The zero-order valence-electron chi connectivity index (χ0n) is 12.4. The molecular formula is C15H18BrNO6. The van der Waals surface area contributed by atoms with Gasteiger partial charge in [-0.05, 0) is 25.1 Å². The molecule has 0 saturated carbocycles. The molecule has 3 N–H and O–H groups in total. The number of hydrogen-bond acceptors (Lipinski definition) is 7. The van der Waals surface area contributed by atoms with Gasteiger partial charge in [-0.15, -0.1) is 0 Å². The van der Waals surface area contributed by atoms with Crippen molar-refractivity contribution in [3.63, 3.8) is 0 Å². The number of hydrogen-bond donors (Lipinski definition) is 3. The van der Waals surface area contributed by atoms with E-state index in [0.29, 0.717) is 5.56 Å². The van der Waals surface area contributed by atoms with Gasteiger partial charge in [-0.25, -0.2) is 0 Å². The first-order valence-electron chi connectivity index (χ1n) is 7.26. The molecule has 2 saturated heterocycles. The van der Waals surface area contributed by atoms with Gasteiger partial charge in [0.1, 0.15) is 30.2 Å². The van der Waals surface area contributed by atoms with Crippen LogP contribution < -0.4 is 0 Å². The molecule has 0 aliphatic carbocycles. The number of fused-ring (bicyclic) bond motifs is 1. The monoisotopic (exact) mass is 387 g/mol. The summed E-state index contributed by atoms with van der Waals surface area (Å²) in [6.07, 6.45) is -3.55. The Labute approximate surface area is 141 Å². The van der Waals surface area contributed by atoms with Crippen LogP contribution in [0.25, 0.3) is 0 Å². The van der Waals surface area contributed by atoms with E-state index in [2.05, 4.69) is 20.9 Å². The first-order valence-corrected chi connectivity index (χ1v) is 8.05. The summed E-state index contributed by atoms with van der Waals surface area (Å²) in [7, 11) is 0. The molecule has 1 unspecified atom stereocenters. The summed E-state index contributed by atoms with van der Waals surface area (Å²) in [4.78, 5) is 4.15. The van der Waals surface area contributed by atoms with E-state index < -0.39 is 36.9 Å². The molecule has 2 aliphatic heterocycles. The Morgan fingerprint density at radius 1 is 1.26 bits per heavy atom. The molecule has 0 spiro atoms. The van der Waals surface area contributed by atoms with Gasteiger partial charge in [0.05, 0.1) is 6.61 Å². The van der Waals surface area contributed by atoms with Crippen LogP contribution in [0.15, 0.2) is 27.7 Å². The van der Waals surface area contributed by atoms with Gasteiger partial charge in [0.15, 0.2) is 12.5 Å². The number of aromatic hydroxyl groups is 1. The highest BCUT2D eigenvalue weighted by molar-refractivity contribution is 9.10. The van der Waals surface area contributed by atoms with Gasteiger partial charge in [0, 0.05) is 16.3 Å². The van der Waals surface area contributed by atoms with Crippen molar-refractivity contribution in [3.8, 4) is 5.75 Å². The van der Waals surface area contributed by atoms with Gasteiger partial charge >= 0.3 is 0 Å². The maximum atomic E-state index is 10.2. The van der Waals surface area contributed by atoms with Crippen LogP contribution in [0.4, 0.5) is 0 Å². The van der Waals surface area contributed by atoms with E-state index in [1.807, 2.05) is 0 Å². The molecule has 6 atom stereocenters. The molecule has 0 aromatic heterocycles. The standard InChI is InChI=1S/C15H18BrNO6/c1-7-21-6-11-14(22-7)12(19)13(20)15(23-11)17-5-8-4-9(16)2-3-10(8)18/h2-5,7,11-15,18-20H,6H2,1H3/b17-5+/t7?,11-,12-,13-,14-,15-/m1/s1. The zero-order chi connectivity index (χ0) is 16.6. The van der Waals surface area contributed by atoms with Gasteiger partial charge in [-0.2, -0.15) is 0 Å². The van der Waals surface area contributed by atoms with Crippen molar-refractivity contribution in [3.05, 3.63) is 28.2 Å². The van der Waals surface area contributed by atoms with Crippen LogP contribution in [0.1, 0.15) is 12.5 Å². The van der Waals surface area contributed by atoms with Crippen molar-refractivity contribution in [2.75, 3.05) is 6.61 Å². The molecule has 2 heterocycles. The summed E-state index contributed by atoms with van der Waals surface area (Å²) in [5.41, 5.74) is 0.469. The number of benzene rings is 1. The van der Waals surface area contributed by atoms with Crippen molar-refractivity contribution < 1.29 is 29.5 Å². The lowest BCUT2D eigenvalue weighted by molar-refractivity contribution is -0.319. The van der Waals surface area contributed by atoms with Crippen molar-refractivity contribution in [1.82, 2.24) is 0 Å². The first kappa shape index (κ1) is 16.8. The third-order valence-corrected chi connectivity index (χ3v) is 4.35. The average Bonchev–Trinajstić information content (AvgIpc) is 2.53. The van der Waals surface area contributed by atoms with Crippen LogP contribution in [0.5, 0.6) is 5.75 Å². The Hall–Kier alpha value is -1.03. The first-order chi connectivity index (χ1) is 11.0. The topological polar surface area (TPSA) is 101 Å². The lowest BCUT2D eigenvalue weighted by atomic mass is 9.97. The Morgan fingerprint density at radius 2 is 2.04 bits per heavy atom. The van der Waals surface area contributed by atoms with E-state index in [-0.39, 0.29) is 12.4 Å². The van der Waals surface area contributed by atoms with Crippen molar-refractivity contribution >= 4 is 22.1 Å². The molecule has 126 valence electrons. The summed E-state index contributed by atoms with van der Waals surface area (Å²) in [6, 6.07) is 4.91. The number of nitrogens with zero attached hydrogens (tertiary/aromatic N) is 1. The summed E-state index contributed by atoms with van der Waals surface area (Å²) in [5, 5.41) is 30.2. The molecule has 1 aromatic carbocycles. The zero-order valence-corrected chi connectivity index (χ0v) is 14.0. The summed E-state index contributed by atoms with van der Waals surface area (Å²) in [6.45, 7) is 1.97. The third-order valence-electron chi connectivity index (χ3n) is 3.85. The van der Waals surface area contributed by atoms with E-state index in [1.165, 1.54) is 12.3 Å². The molecule has 8 heteroatoms. The van der Waals surface area contributed by atoms with Crippen molar-refractivity contribution in [2.24, 2.45) is 4.99 Å². The van der Waals surface area contributed by atoms with Gasteiger partial charge in [-0.1, -0.05) is 15.9 Å². The fraction of sp³-hybridized carbons (Fsp3) is 0.533. The van der Waals surface area contributed by atoms with E-state index >= 15 is 0 Å². The average molecular weight is 388 g/mol. The molecule has 1 aromatic rings. The second kappa shape index (κ2) is 6.84. The normalized spacial score (nSPS) is 37.7. The Balaban J connectivity index is 1.75. The van der Waals surface area contributed by atoms with Crippen LogP contribution in [-0.4, -0.2) is 65.1 Å². The van der Waals surface area contributed by atoms with Gasteiger partial charge in [0.2, 0.25) is 0 Å². The van der Waals surface area contributed by atoms with Crippen molar-refractivity contribution in [1.29, 1.82) is 0 Å². The fourth-order valence-corrected chi connectivity index (χ4v) is 3.00. The van der Waals surface area contributed by atoms with Crippen LogP contribution in [-0.2, 0) is 14.2 Å². The smallest absolute Gasteiger partial charge is 0.177 e. The van der Waals surface area contributed by atoms with Crippen LogP contribution in [0, 0.1) is 0 Å². The Kier molecular flexibility index (Phi) is 5.00. The quantitative estimate of drug-likeness (QED) is 0.648. The van der Waals surface area contributed by atoms with Crippen LogP contribution in [0.2, 0.25) is 0 Å². The van der Waals surface area contributed by atoms with Crippen molar-refractivity contribution in [2.45, 2.75) is 43.9 Å². The molecule has 2 aliphatic rings. The highest BCUT2D eigenvalue weighted by Crippen LogP contribution is 2.29. The fourth-order valence-electron chi connectivity index (χ4n) is 2.62. The predicted octanol–water partition coefficient (Wildman–Crippen LogP) is 0.782. The highest BCUT2D eigenvalue weighted by atomic mass is 79.9. The van der Waals surface area contributed by atoms with E-state index in [9.17, 15) is 15.3 Å². The van der Waals surface area contributed by atoms with Gasteiger partial charge in [0.25, 0.3) is 0 Å². The minimum absolute atomic E-state index is 0.0545. The van der Waals surface area contributed by atoms with E-state index in [4.69, 9.17) is 14.2 Å². The lowest BCUT2D eigenvalue weighted by Gasteiger charge is -2.44.